The van der Waals surface area contributed by atoms with Gasteiger partial charge in [-0.25, -0.2) is 19.4 Å². The van der Waals surface area contributed by atoms with Crippen LogP contribution in [-0.4, -0.2) is 62.6 Å². The lowest BCUT2D eigenvalue weighted by Crippen LogP contribution is -2.51. The summed E-state index contributed by atoms with van der Waals surface area (Å²) in [5.74, 6) is -0.315. The number of ether oxygens (including phenoxy) is 1. The topological polar surface area (TPSA) is 121 Å². The molecule has 1 unspecified atom stereocenters. The maximum absolute atomic E-state index is 13.4. The molecule has 0 aliphatic heterocycles. The molecule has 3 rings (SSSR count). The number of aromatic nitrogens is 1. The van der Waals surface area contributed by atoms with Crippen LogP contribution in [-0.2, 0) is 9.53 Å². The molecule has 0 radical (unpaired) electrons. The molecule has 1 aromatic rings. The minimum Gasteiger partial charge on any atom is -0.480 e. The molecule has 1 heterocycles. The molecular formula is C25H40N4O5S2. The van der Waals surface area contributed by atoms with Gasteiger partial charge < -0.3 is 20.1 Å². The molecular weight excluding hydrogens is 500 g/mol. The zero-order valence-electron chi connectivity index (χ0n) is 21.7. The fraction of sp³-hybridized carbons (Fsp3) is 0.760. The molecule has 2 saturated carbocycles. The number of hydrogen-bond acceptors (Lipinski definition) is 7. The summed E-state index contributed by atoms with van der Waals surface area (Å²) < 4.78 is 5.92. The number of anilines is 1. The molecule has 1 atom stereocenters. The standard InChI is InChI=1S/C25H40N4O5S2/c1-16-10-12-18(13-11-16)29(17-8-6-5-7-9-17)23(32)28-22-26-14-20(36-22)35-15-19(21(30)31)27-24(33)34-25(2,3)4/h14,16-19H,5-13,15H2,1-4H3,(H,27,33)(H,30,31)(H,26,28,32). The second-order valence-electron chi connectivity index (χ2n) is 10.9. The van der Waals surface area contributed by atoms with Gasteiger partial charge >= 0.3 is 18.1 Å². The highest BCUT2D eigenvalue weighted by atomic mass is 32.2. The van der Waals surface area contributed by atoms with Crippen molar-refractivity contribution < 1.29 is 24.2 Å². The molecule has 3 amide bonds. The summed E-state index contributed by atoms with van der Waals surface area (Å²) in [7, 11) is 0. The summed E-state index contributed by atoms with van der Waals surface area (Å²) in [6.07, 6.45) is 10.9. The third-order valence-corrected chi connectivity index (χ3v) is 8.86. The van der Waals surface area contributed by atoms with Crippen molar-refractivity contribution in [3.8, 4) is 0 Å². The van der Waals surface area contributed by atoms with Crippen LogP contribution >= 0.6 is 23.1 Å². The van der Waals surface area contributed by atoms with Gasteiger partial charge in [-0.2, -0.15) is 0 Å². The van der Waals surface area contributed by atoms with Crippen LogP contribution in [0.5, 0.6) is 0 Å². The first kappa shape index (κ1) is 28.6. The van der Waals surface area contributed by atoms with E-state index in [4.69, 9.17) is 4.74 Å². The van der Waals surface area contributed by atoms with Crippen LogP contribution in [0.2, 0.25) is 0 Å². The van der Waals surface area contributed by atoms with Gasteiger partial charge in [0.25, 0.3) is 0 Å². The van der Waals surface area contributed by atoms with Crippen LogP contribution in [0.4, 0.5) is 14.7 Å². The van der Waals surface area contributed by atoms with Crippen LogP contribution < -0.4 is 10.6 Å². The number of amides is 3. The average Bonchev–Trinajstić information content (AvgIpc) is 3.24. The Hall–Kier alpha value is -2.01. The molecule has 0 aromatic carbocycles. The van der Waals surface area contributed by atoms with Gasteiger partial charge in [-0.1, -0.05) is 37.5 Å². The number of urea groups is 1. The number of nitrogens with zero attached hydrogens (tertiary/aromatic N) is 2. The largest absolute Gasteiger partial charge is 0.480 e. The SMILES string of the molecule is CC1CCC(N(C(=O)Nc2ncc(SCC(NC(=O)OC(C)(C)C)C(=O)O)s2)C2CCCCC2)CC1. The predicted molar refractivity (Wildman–Crippen MR) is 143 cm³/mol. The van der Waals surface area contributed by atoms with E-state index in [-0.39, 0.29) is 23.9 Å². The highest BCUT2D eigenvalue weighted by Crippen LogP contribution is 2.34. The van der Waals surface area contributed by atoms with E-state index in [1.807, 2.05) is 0 Å². The Morgan fingerprint density at radius 2 is 1.78 bits per heavy atom. The Morgan fingerprint density at radius 3 is 2.39 bits per heavy atom. The van der Waals surface area contributed by atoms with E-state index in [2.05, 4.69) is 27.4 Å². The second kappa shape index (κ2) is 13.0. The zero-order valence-corrected chi connectivity index (χ0v) is 23.4. The normalized spacial score (nSPS) is 21.9. The van der Waals surface area contributed by atoms with Gasteiger partial charge in [0, 0.05) is 17.8 Å². The molecule has 1 aromatic heterocycles. The van der Waals surface area contributed by atoms with Gasteiger partial charge in [-0.05, 0) is 65.2 Å². The number of alkyl carbamates (subject to hydrolysis) is 1. The van der Waals surface area contributed by atoms with Crippen molar-refractivity contribution >= 4 is 46.3 Å². The fourth-order valence-electron chi connectivity index (χ4n) is 4.84. The van der Waals surface area contributed by atoms with Crippen LogP contribution in [0.1, 0.15) is 85.5 Å². The van der Waals surface area contributed by atoms with Crippen molar-refractivity contribution in [2.24, 2.45) is 5.92 Å². The number of aliphatic carboxylic acids is 1. The first-order valence-electron chi connectivity index (χ1n) is 12.9. The Balaban J connectivity index is 1.58. The summed E-state index contributed by atoms with van der Waals surface area (Å²) >= 11 is 2.58. The number of carboxylic acids is 1. The van der Waals surface area contributed by atoms with Crippen molar-refractivity contribution in [2.75, 3.05) is 11.1 Å². The van der Waals surface area contributed by atoms with E-state index in [0.29, 0.717) is 5.13 Å². The van der Waals surface area contributed by atoms with E-state index in [9.17, 15) is 19.5 Å². The van der Waals surface area contributed by atoms with E-state index in [1.165, 1.54) is 29.5 Å². The minimum atomic E-state index is -1.14. The molecule has 3 N–H and O–H groups in total. The Labute approximate surface area is 222 Å². The number of thioether (sulfide) groups is 1. The first-order valence-corrected chi connectivity index (χ1v) is 14.7. The first-order chi connectivity index (χ1) is 17.0. The summed E-state index contributed by atoms with van der Waals surface area (Å²) in [6.45, 7) is 7.44. The molecule has 0 saturated heterocycles. The van der Waals surface area contributed by atoms with Gasteiger partial charge in [-0.3, -0.25) is 5.32 Å². The quantitative estimate of drug-likeness (QED) is 0.348. The van der Waals surface area contributed by atoms with Gasteiger partial charge in [0.2, 0.25) is 0 Å². The highest BCUT2D eigenvalue weighted by molar-refractivity contribution is 8.01. The van der Waals surface area contributed by atoms with E-state index in [0.717, 1.165) is 61.5 Å². The third kappa shape index (κ3) is 8.83. The number of carboxylic acid groups (broad SMARTS) is 1. The van der Waals surface area contributed by atoms with E-state index >= 15 is 0 Å². The van der Waals surface area contributed by atoms with Gasteiger partial charge in [0.15, 0.2) is 5.13 Å². The minimum absolute atomic E-state index is 0.0812. The molecule has 0 bridgehead atoms. The molecule has 2 fully saturated rings. The van der Waals surface area contributed by atoms with E-state index < -0.39 is 23.7 Å². The molecule has 2 aliphatic rings. The van der Waals surface area contributed by atoms with Crippen LogP contribution in [0.25, 0.3) is 0 Å². The van der Waals surface area contributed by atoms with Crippen molar-refractivity contribution in [2.45, 2.75) is 113 Å². The second-order valence-corrected chi connectivity index (χ2v) is 13.2. The lowest BCUT2D eigenvalue weighted by molar-refractivity contribution is -0.138. The number of rotatable bonds is 8. The van der Waals surface area contributed by atoms with Crippen LogP contribution in [0, 0.1) is 5.92 Å². The van der Waals surface area contributed by atoms with E-state index in [1.54, 1.807) is 27.0 Å². The predicted octanol–water partition coefficient (Wildman–Crippen LogP) is 5.96. The number of hydrogen-bond donors (Lipinski definition) is 3. The summed E-state index contributed by atoms with van der Waals surface area (Å²) in [6, 6.07) is -0.641. The molecule has 36 heavy (non-hydrogen) atoms. The zero-order chi connectivity index (χ0) is 26.3. The summed E-state index contributed by atoms with van der Waals surface area (Å²) in [5.41, 5.74) is -0.716. The lowest BCUT2D eigenvalue weighted by Gasteiger charge is -2.42. The summed E-state index contributed by atoms with van der Waals surface area (Å²) in [4.78, 5) is 43.5. The molecule has 9 nitrogen and oxygen atoms in total. The van der Waals surface area contributed by atoms with Crippen molar-refractivity contribution in [3.05, 3.63) is 6.20 Å². The van der Waals surface area contributed by atoms with Crippen LogP contribution in [0.15, 0.2) is 10.4 Å². The number of carbonyl (C=O) groups excluding carboxylic acids is 2. The Morgan fingerprint density at radius 1 is 1.14 bits per heavy atom. The van der Waals surface area contributed by atoms with Gasteiger partial charge in [-0.15, -0.1) is 11.8 Å². The van der Waals surface area contributed by atoms with Crippen molar-refractivity contribution in [1.29, 1.82) is 0 Å². The molecule has 202 valence electrons. The Kier molecular flexibility index (Phi) is 10.3. The lowest BCUT2D eigenvalue weighted by atomic mass is 9.84. The number of thiazole rings is 1. The fourth-order valence-corrected chi connectivity index (χ4v) is 6.74. The van der Waals surface area contributed by atoms with Gasteiger partial charge in [0.05, 0.1) is 10.4 Å². The molecule has 2 aliphatic carbocycles. The monoisotopic (exact) mass is 540 g/mol. The van der Waals surface area contributed by atoms with Crippen molar-refractivity contribution in [1.82, 2.24) is 15.2 Å². The third-order valence-electron chi connectivity index (χ3n) is 6.66. The maximum Gasteiger partial charge on any atom is 0.408 e. The average molecular weight is 541 g/mol. The number of nitrogens with one attached hydrogen (secondary N) is 2. The number of carbonyl (C=O) groups is 3. The molecule has 0 spiro atoms. The van der Waals surface area contributed by atoms with Crippen LogP contribution in [0.3, 0.4) is 0 Å². The highest BCUT2D eigenvalue weighted by Gasteiger charge is 2.34. The maximum atomic E-state index is 13.4. The smallest absolute Gasteiger partial charge is 0.408 e. The van der Waals surface area contributed by atoms with Gasteiger partial charge in [0.1, 0.15) is 11.6 Å². The summed E-state index contributed by atoms with van der Waals surface area (Å²) in [5, 5.41) is 15.4. The molecule has 11 heteroatoms. The Bertz CT molecular complexity index is 889. The van der Waals surface area contributed by atoms with Crippen molar-refractivity contribution in [3.63, 3.8) is 0 Å².